The Morgan fingerprint density at radius 2 is 1.73 bits per heavy atom. The normalized spacial score (nSPS) is 10.8. The predicted octanol–water partition coefficient (Wildman–Crippen LogP) is 5.10. The number of carbonyl (C=O) groups is 1. The van der Waals surface area contributed by atoms with Gasteiger partial charge in [-0.1, -0.05) is 64.5 Å². The number of aromatic nitrogens is 2. The Kier molecular flexibility index (Phi) is 4.54. The third-order valence-corrected chi connectivity index (χ3v) is 4.59. The number of imidazole rings is 1. The minimum Gasteiger partial charge on any atom is -0.324 e. The average Bonchev–Trinajstić information content (AvgIpc) is 3.01. The molecule has 5 heteroatoms. The number of amides is 1. The number of halogens is 1. The lowest BCUT2D eigenvalue weighted by molar-refractivity contribution is -0.116. The van der Waals surface area contributed by atoms with Crippen LogP contribution in [0.25, 0.3) is 22.4 Å². The van der Waals surface area contributed by atoms with Gasteiger partial charge in [-0.25, -0.2) is 4.98 Å². The molecule has 0 atom stereocenters. The van der Waals surface area contributed by atoms with Crippen molar-refractivity contribution < 1.29 is 4.79 Å². The van der Waals surface area contributed by atoms with Crippen molar-refractivity contribution in [3.8, 4) is 11.4 Å². The zero-order valence-corrected chi connectivity index (χ0v) is 15.5. The molecule has 0 saturated carbocycles. The largest absolute Gasteiger partial charge is 0.324 e. The van der Waals surface area contributed by atoms with E-state index in [0.717, 1.165) is 32.6 Å². The van der Waals surface area contributed by atoms with E-state index in [1.54, 1.807) is 0 Å². The van der Waals surface area contributed by atoms with E-state index >= 15 is 0 Å². The highest BCUT2D eigenvalue weighted by Gasteiger charge is 2.15. The molecule has 1 amide bonds. The van der Waals surface area contributed by atoms with E-state index < -0.39 is 0 Å². The molecule has 0 aliphatic heterocycles. The van der Waals surface area contributed by atoms with Crippen LogP contribution in [0.5, 0.6) is 0 Å². The number of anilines is 1. The lowest BCUT2D eigenvalue weighted by Gasteiger charge is -2.10. The molecule has 0 fully saturated rings. The minimum atomic E-state index is -0.0940. The van der Waals surface area contributed by atoms with Gasteiger partial charge in [0.05, 0.1) is 11.0 Å². The smallest absolute Gasteiger partial charge is 0.244 e. The molecule has 3 aromatic carbocycles. The molecule has 128 valence electrons. The molecule has 0 aliphatic carbocycles. The first-order chi connectivity index (χ1) is 12.7. The topological polar surface area (TPSA) is 46.9 Å². The van der Waals surface area contributed by atoms with Crippen molar-refractivity contribution >= 4 is 38.6 Å². The van der Waals surface area contributed by atoms with Gasteiger partial charge in [0.1, 0.15) is 12.4 Å². The summed E-state index contributed by atoms with van der Waals surface area (Å²) < 4.78 is 2.88. The summed E-state index contributed by atoms with van der Waals surface area (Å²) in [7, 11) is 0. The molecule has 1 aromatic heterocycles. The summed E-state index contributed by atoms with van der Waals surface area (Å²) in [4.78, 5) is 17.4. The number of fused-ring (bicyclic) bond motifs is 1. The van der Waals surface area contributed by atoms with Gasteiger partial charge in [0.2, 0.25) is 5.91 Å². The molecule has 0 saturated heterocycles. The van der Waals surface area contributed by atoms with Crippen LogP contribution in [0.1, 0.15) is 0 Å². The third-order valence-electron chi connectivity index (χ3n) is 4.10. The molecular weight excluding hydrogens is 390 g/mol. The van der Waals surface area contributed by atoms with Crippen LogP contribution in [0.3, 0.4) is 0 Å². The molecule has 0 unspecified atom stereocenters. The lowest BCUT2D eigenvalue weighted by atomic mass is 10.2. The summed E-state index contributed by atoms with van der Waals surface area (Å²) in [5.74, 6) is 0.694. The van der Waals surface area contributed by atoms with Crippen LogP contribution >= 0.6 is 15.9 Å². The maximum Gasteiger partial charge on any atom is 0.244 e. The Labute approximate surface area is 159 Å². The quantitative estimate of drug-likeness (QED) is 0.512. The van der Waals surface area contributed by atoms with E-state index in [1.807, 2.05) is 83.4 Å². The lowest BCUT2D eigenvalue weighted by Crippen LogP contribution is -2.19. The fourth-order valence-corrected chi connectivity index (χ4v) is 3.35. The molecule has 0 radical (unpaired) electrons. The SMILES string of the molecule is O=C(Cn1c(-c2ccccc2)nc2ccccc21)Nc1cccc(Br)c1. The summed E-state index contributed by atoms with van der Waals surface area (Å²) in [6.45, 7) is 0.192. The predicted molar refractivity (Wildman–Crippen MR) is 108 cm³/mol. The van der Waals surface area contributed by atoms with Gasteiger partial charge in [-0.05, 0) is 30.3 Å². The summed E-state index contributed by atoms with van der Waals surface area (Å²) in [5, 5.41) is 2.95. The number of nitrogens with zero attached hydrogens (tertiary/aromatic N) is 2. The molecule has 0 aliphatic rings. The molecule has 0 bridgehead atoms. The van der Waals surface area contributed by atoms with Crippen LogP contribution in [0.4, 0.5) is 5.69 Å². The second-order valence-corrected chi connectivity index (χ2v) is 6.85. The van der Waals surface area contributed by atoms with Crippen molar-refractivity contribution in [2.45, 2.75) is 6.54 Å². The number of carbonyl (C=O) groups excluding carboxylic acids is 1. The van der Waals surface area contributed by atoms with Crippen molar-refractivity contribution in [2.75, 3.05) is 5.32 Å². The van der Waals surface area contributed by atoms with E-state index in [-0.39, 0.29) is 12.5 Å². The molecular formula is C21H16BrN3O. The first kappa shape index (κ1) is 16.5. The van der Waals surface area contributed by atoms with Gasteiger partial charge in [0.25, 0.3) is 0 Å². The van der Waals surface area contributed by atoms with Crippen molar-refractivity contribution in [2.24, 2.45) is 0 Å². The van der Waals surface area contributed by atoms with Crippen LogP contribution in [0.15, 0.2) is 83.3 Å². The molecule has 1 N–H and O–H groups in total. The van der Waals surface area contributed by atoms with Gasteiger partial charge in [-0.3, -0.25) is 4.79 Å². The number of nitrogens with one attached hydrogen (secondary N) is 1. The Bertz CT molecular complexity index is 1070. The summed E-state index contributed by atoms with van der Waals surface area (Å²) in [6.07, 6.45) is 0. The number of para-hydroxylation sites is 2. The molecule has 1 heterocycles. The highest BCUT2D eigenvalue weighted by Crippen LogP contribution is 2.25. The van der Waals surface area contributed by atoms with Crippen molar-refractivity contribution in [3.05, 3.63) is 83.3 Å². The van der Waals surface area contributed by atoms with Crippen molar-refractivity contribution in [1.29, 1.82) is 0 Å². The van der Waals surface area contributed by atoms with Gasteiger partial charge in [-0.2, -0.15) is 0 Å². The molecule has 4 aromatic rings. The summed E-state index contributed by atoms with van der Waals surface area (Å²) in [6, 6.07) is 25.3. The van der Waals surface area contributed by atoms with Crippen LogP contribution < -0.4 is 5.32 Å². The van der Waals surface area contributed by atoms with Gasteiger partial charge < -0.3 is 9.88 Å². The minimum absolute atomic E-state index is 0.0940. The highest BCUT2D eigenvalue weighted by molar-refractivity contribution is 9.10. The average molecular weight is 406 g/mol. The van der Waals surface area contributed by atoms with Gasteiger partial charge in [0, 0.05) is 15.7 Å². The first-order valence-electron chi connectivity index (χ1n) is 8.27. The third kappa shape index (κ3) is 3.39. The van der Waals surface area contributed by atoms with E-state index in [4.69, 9.17) is 4.98 Å². The Balaban J connectivity index is 1.70. The fraction of sp³-hybridized carbons (Fsp3) is 0.0476. The van der Waals surface area contributed by atoms with Crippen molar-refractivity contribution in [1.82, 2.24) is 9.55 Å². The Hall–Kier alpha value is -2.92. The maximum absolute atomic E-state index is 12.6. The number of benzene rings is 3. The number of hydrogen-bond donors (Lipinski definition) is 1. The zero-order valence-electron chi connectivity index (χ0n) is 13.9. The molecule has 0 spiro atoms. The summed E-state index contributed by atoms with van der Waals surface area (Å²) >= 11 is 3.42. The van der Waals surface area contributed by atoms with Crippen LogP contribution in [-0.2, 0) is 11.3 Å². The Morgan fingerprint density at radius 1 is 0.962 bits per heavy atom. The second kappa shape index (κ2) is 7.14. The molecule has 4 rings (SSSR count). The fourth-order valence-electron chi connectivity index (χ4n) is 2.95. The van der Waals surface area contributed by atoms with Crippen molar-refractivity contribution in [3.63, 3.8) is 0 Å². The summed E-state index contributed by atoms with van der Waals surface area (Å²) in [5.41, 5.74) is 3.56. The molecule has 4 nitrogen and oxygen atoms in total. The maximum atomic E-state index is 12.6. The highest BCUT2D eigenvalue weighted by atomic mass is 79.9. The van der Waals surface area contributed by atoms with E-state index in [9.17, 15) is 4.79 Å². The van der Waals surface area contributed by atoms with Gasteiger partial charge in [0.15, 0.2) is 0 Å². The van der Waals surface area contributed by atoms with Gasteiger partial charge in [-0.15, -0.1) is 0 Å². The first-order valence-corrected chi connectivity index (χ1v) is 9.06. The standard InChI is InChI=1S/C21H16BrN3O/c22-16-9-6-10-17(13-16)23-20(26)14-25-19-12-5-4-11-18(19)24-21(25)15-7-2-1-3-8-15/h1-13H,14H2,(H,23,26). The number of rotatable bonds is 4. The van der Waals surface area contributed by atoms with Crippen LogP contribution in [-0.4, -0.2) is 15.5 Å². The van der Waals surface area contributed by atoms with Crippen LogP contribution in [0.2, 0.25) is 0 Å². The Morgan fingerprint density at radius 3 is 2.54 bits per heavy atom. The zero-order chi connectivity index (χ0) is 17.9. The van der Waals surface area contributed by atoms with E-state index in [2.05, 4.69) is 21.2 Å². The van der Waals surface area contributed by atoms with Gasteiger partial charge >= 0.3 is 0 Å². The number of hydrogen-bond acceptors (Lipinski definition) is 2. The second-order valence-electron chi connectivity index (χ2n) is 5.93. The van der Waals surface area contributed by atoms with Crippen LogP contribution in [0, 0.1) is 0 Å². The van der Waals surface area contributed by atoms with E-state index in [0.29, 0.717) is 0 Å². The monoisotopic (exact) mass is 405 g/mol. The molecule has 26 heavy (non-hydrogen) atoms. The van der Waals surface area contributed by atoms with E-state index in [1.165, 1.54) is 0 Å².